The average Bonchev–Trinajstić information content (AvgIpc) is 2.82. The zero-order valence-electron chi connectivity index (χ0n) is 16.8. The van der Waals surface area contributed by atoms with E-state index in [-0.39, 0.29) is 11.4 Å². The van der Waals surface area contributed by atoms with Crippen LogP contribution < -0.4 is 10.2 Å². The standard InChI is InChI=1S/C24H18N4O4/c29-27(30)23-14-10-21(11-15-23)26(22-12-16-24(17-13-22)28(31)32)20-8-6-19(7-9-20)25-18-4-2-1-3-5-18/h1-17,25H. The van der Waals surface area contributed by atoms with Gasteiger partial charge in [0.2, 0.25) is 0 Å². The van der Waals surface area contributed by atoms with Crippen LogP contribution in [0.25, 0.3) is 0 Å². The normalized spacial score (nSPS) is 10.4. The fourth-order valence-corrected chi connectivity index (χ4v) is 3.28. The molecular formula is C24H18N4O4. The molecule has 0 fully saturated rings. The Kier molecular flexibility index (Phi) is 5.76. The molecule has 0 unspecified atom stereocenters. The lowest BCUT2D eigenvalue weighted by atomic mass is 10.1. The van der Waals surface area contributed by atoms with Gasteiger partial charge in [-0.25, -0.2) is 0 Å². The third-order valence-corrected chi connectivity index (χ3v) is 4.83. The number of anilines is 5. The first-order chi connectivity index (χ1) is 15.5. The van der Waals surface area contributed by atoms with E-state index in [9.17, 15) is 20.2 Å². The summed E-state index contributed by atoms with van der Waals surface area (Å²) in [5, 5.41) is 25.4. The summed E-state index contributed by atoms with van der Waals surface area (Å²) in [4.78, 5) is 23.0. The second-order valence-electron chi connectivity index (χ2n) is 6.92. The smallest absolute Gasteiger partial charge is 0.269 e. The summed E-state index contributed by atoms with van der Waals surface area (Å²) >= 11 is 0. The summed E-state index contributed by atoms with van der Waals surface area (Å²) in [5.41, 5.74) is 4.00. The number of para-hydroxylation sites is 1. The lowest BCUT2D eigenvalue weighted by molar-refractivity contribution is -0.385. The third-order valence-electron chi connectivity index (χ3n) is 4.83. The number of nitro groups is 2. The van der Waals surface area contributed by atoms with Crippen LogP contribution in [0, 0.1) is 20.2 Å². The molecule has 0 aliphatic carbocycles. The number of hydrogen-bond acceptors (Lipinski definition) is 6. The molecule has 8 heteroatoms. The molecule has 0 aromatic heterocycles. The van der Waals surface area contributed by atoms with E-state index >= 15 is 0 Å². The summed E-state index contributed by atoms with van der Waals surface area (Å²) < 4.78 is 0. The van der Waals surface area contributed by atoms with E-state index in [1.54, 1.807) is 24.3 Å². The van der Waals surface area contributed by atoms with Gasteiger partial charge in [-0.1, -0.05) is 18.2 Å². The topological polar surface area (TPSA) is 102 Å². The van der Waals surface area contributed by atoms with Crippen molar-refractivity contribution < 1.29 is 9.85 Å². The zero-order chi connectivity index (χ0) is 22.5. The van der Waals surface area contributed by atoms with Crippen molar-refractivity contribution in [3.63, 3.8) is 0 Å². The van der Waals surface area contributed by atoms with Crippen LogP contribution in [0.5, 0.6) is 0 Å². The van der Waals surface area contributed by atoms with Crippen LogP contribution >= 0.6 is 0 Å². The number of nitro benzene ring substituents is 2. The molecule has 0 spiro atoms. The molecule has 0 aliphatic heterocycles. The van der Waals surface area contributed by atoms with Crippen LogP contribution in [0.1, 0.15) is 0 Å². The zero-order valence-corrected chi connectivity index (χ0v) is 16.8. The maximum atomic E-state index is 11.0. The molecular weight excluding hydrogens is 408 g/mol. The van der Waals surface area contributed by atoms with Gasteiger partial charge in [0.15, 0.2) is 0 Å². The minimum absolute atomic E-state index is 0.0141. The van der Waals surface area contributed by atoms with E-state index in [4.69, 9.17) is 0 Å². The molecule has 0 aliphatic rings. The van der Waals surface area contributed by atoms with Gasteiger partial charge in [-0.05, 0) is 60.7 Å². The predicted octanol–water partition coefficient (Wildman–Crippen LogP) is 6.72. The average molecular weight is 426 g/mol. The first-order valence-electron chi connectivity index (χ1n) is 9.72. The van der Waals surface area contributed by atoms with Crippen molar-refractivity contribution >= 4 is 39.8 Å². The Morgan fingerprint density at radius 1 is 0.531 bits per heavy atom. The van der Waals surface area contributed by atoms with Gasteiger partial charge in [-0.2, -0.15) is 0 Å². The molecule has 0 atom stereocenters. The molecule has 0 bridgehead atoms. The van der Waals surface area contributed by atoms with Gasteiger partial charge in [0.1, 0.15) is 0 Å². The van der Waals surface area contributed by atoms with Gasteiger partial charge in [-0.15, -0.1) is 0 Å². The Morgan fingerprint density at radius 2 is 0.906 bits per heavy atom. The summed E-state index contributed by atoms with van der Waals surface area (Å²) in [6, 6.07) is 29.7. The van der Waals surface area contributed by atoms with E-state index in [0.717, 1.165) is 17.1 Å². The first-order valence-corrected chi connectivity index (χ1v) is 9.72. The van der Waals surface area contributed by atoms with Gasteiger partial charge in [-0.3, -0.25) is 20.2 Å². The van der Waals surface area contributed by atoms with E-state index < -0.39 is 9.85 Å². The highest BCUT2D eigenvalue weighted by molar-refractivity contribution is 5.78. The Balaban J connectivity index is 1.69. The molecule has 4 aromatic rings. The van der Waals surface area contributed by atoms with Crippen LogP contribution in [-0.2, 0) is 0 Å². The highest BCUT2D eigenvalue weighted by Gasteiger charge is 2.16. The van der Waals surface area contributed by atoms with Gasteiger partial charge in [0.25, 0.3) is 11.4 Å². The number of nitrogens with zero attached hydrogens (tertiary/aromatic N) is 3. The van der Waals surface area contributed by atoms with Crippen LogP contribution in [0.3, 0.4) is 0 Å². The maximum absolute atomic E-state index is 11.0. The minimum atomic E-state index is -0.454. The molecule has 0 saturated carbocycles. The van der Waals surface area contributed by atoms with Crippen molar-refractivity contribution in [2.75, 3.05) is 10.2 Å². The lowest BCUT2D eigenvalue weighted by Gasteiger charge is -2.25. The van der Waals surface area contributed by atoms with Gasteiger partial charge in [0.05, 0.1) is 9.85 Å². The van der Waals surface area contributed by atoms with Gasteiger partial charge in [0, 0.05) is 52.7 Å². The van der Waals surface area contributed by atoms with E-state index in [1.807, 2.05) is 59.5 Å². The number of non-ortho nitro benzene ring substituents is 2. The van der Waals surface area contributed by atoms with E-state index in [0.29, 0.717) is 11.4 Å². The maximum Gasteiger partial charge on any atom is 0.269 e. The molecule has 4 aromatic carbocycles. The molecule has 1 N–H and O–H groups in total. The van der Waals surface area contributed by atoms with E-state index in [2.05, 4.69) is 5.32 Å². The number of rotatable bonds is 7. The van der Waals surface area contributed by atoms with Crippen LogP contribution in [0.15, 0.2) is 103 Å². The quantitative estimate of drug-likeness (QED) is 0.260. The van der Waals surface area contributed by atoms with Crippen molar-refractivity contribution in [1.29, 1.82) is 0 Å². The monoisotopic (exact) mass is 426 g/mol. The van der Waals surface area contributed by atoms with Gasteiger partial charge < -0.3 is 10.2 Å². The molecule has 4 rings (SSSR count). The summed E-state index contributed by atoms with van der Waals surface area (Å²) in [6.45, 7) is 0. The molecule has 0 heterocycles. The lowest BCUT2D eigenvalue weighted by Crippen LogP contribution is -2.10. The highest BCUT2D eigenvalue weighted by atomic mass is 16.6. The first kappa shape index (κ1) is 20.5. The molecule has 158 valence electrons. The van der Waals surface area contributed by atoms with Gasteiger partial charge >= 0.3 is 0 Å². The van der Waals surface area contributed by atoms with Crippen LogP contribution in [0.4, 0.5) is 39.8 Å². The van der Waals surface area contributed by atoms with Crippen LogP contribution in [0.2, 0.25) is 0 Å². The largest absolute Gasteiger partial charge is 0.356 e. The van der Waals surface area contributed by atoms with Crippen molar-refractivity contribution in [1.82, 2.24) is 0 Å². The predicted molar refractivity (Wildman–Crippen MR) is 124 cm³/mol. The Labute approximate surface area is 183 Å². The van der Waals surface area contributed by atoms with Crippen molar-refractivity contribution in [2.45, 2.75) is 0 Å². The molecule has 0 saturated heterocycles. The second kappa shape index (κ2) is 8.97. The third kappa shape index (κ3) is 4.54. The van der Waals surface area contributed by atoms with Crippen molar-refractivity contribution in [2.24, 2.45) is 0 Å². The number of hydrogen-bond donors (Lipinski definition) is 1. The summed E-state index contributed by atoms with van der Waals surface area (Å²) in [6.07, 6.45) is 0. The molecule has 8 nitrogen and oxygen atoms in total. The summed E-state index contributed by atoms with van der Waals surface area (Å²) in [5.74, 6) is 0. The molecule has 0 amide bonds. The summed E-state index contributed by atoms with van der Waals surface area (Å²) in [7, 11) is 0. The van der Waals surface area contributed by atoms with Crippen LogP contribution in [-0.4, -0.2) is 9.85 Å². The Morgan fingerprint density at radius 3 is 1.31 bits per heavy atom. The SMILES string of the molecule is O=[N+]([O-])c1ccc(N(c2ccc(Nc3ccccc3)cc2)c2ccc([N+](=O)[O-])cc2)cc1. The minimum Gasteiger partial charge on any atom is -0.356 e. The molecule has 32 heavy (non-hydrogen) atoms. The number of nitrogens with one attached hydrogen (secondary N) is 1. The molecule has 0 radical (unpaired) electrons. The number of benzene rings is 4. The van der Waals surface area contributed by atoms with E-state index in [1.165, 1.54) is 24.3 Å². The van der Waals surface area contributed by atoms with Crippen molar-refractivity contribution in [3.8, 4) is 0 Å². The fraction of sp³-hybridized carbons (Fsp3) is 0. The second-order valence-corrected chi connectivity index (χ2v) is 6.92. The highest BCUT2D eigenvalue weighted by Crippen LogP contribution is 2.36. The van der Waals surface area contributed by atoms with Crippen molar-refractivity contribution in [3.05, 3.63) is 123 Å². The fourth-order valence-electron chi connectivity index (χ4n) is 3.28. The Hall–Kier alpha value is -4.72. The Bertz CT molecular complexity index is 1170.